The summed E-state index contributed by atoms with van der Waals surface area (Å²) in [6.07, 6.45) is 8.44. The number of hydrogen-bond donors (Lipinski definition) is 0. The lowest BCUT2D eigenvalue weighted by atomic mass is 10.1. The van der Waals surface area contributed by atoms with Crippen molar-refractivity contribution in [3.8, 4) is 0 Å². The molecule has 0 amide bonds. The van der Waals surface area contributed by atoms with E-state index in [-0.39, 0.29) is 5.78 Å². The normalized spacial score (nSPS) is 10.9. The van der Waals surface area contributed by atoms with E-state index in [4.69, 9.17) is 0 Å². The molecule has 0 atom stereocenters. The van der Waals surface area contributed by atoms with Crippen LogP contribution in [-0.2, 0) is 4.79 Å². The Morgan fingerprint density at radius 1 is 1.06 bits per heavy atom. The first-order valence-electron chi connectivity index (χ1n) is 5.39. The van der Waals surface area contributed by atoms with Crippen LogP contribution in [-0.4, -0.2) is 5.78 Å². The first-order chi connectivity index (χ1) is 7.51. The summed E-state index contributed by atoms with van der Waals surface area (Å²) in [6.45, 7) is 15.4. The molecular weight excluding hydrogens is 196 g/mol. The molecule has 0 spiro atoms. The zero-order valence-corrected chi connectivity index (χ0v) is 10.3. The largest absolute Gasteiger partial charge is 0.299 e. The molecule has 0 aliphatic carbocycles. The van der Waals surface area contributed by atoms with Gasteiger partial charge in [-0.05, 0) is 23.6 Å². The summed E-state index contributed by atoms with van der Waals surface area (Å²) in [7, 11) is 0. The van der Waals surface area contributed by atoms with Gasteiger partial charge in [0.05, 0.1) is 0 Å². The minimum absolute atomic E-state index is 0.201. The van der Waals surface area contributed by atoms with Gasteiger partial charge in [0.15, 0.2) is 0 Å². The summed E-state index contributed by atoms with van der Waals surface area (Å²) in [5, 5.41) is 0. The molecule has 16 heavy (non-hydrogen) atoms. The maximum atomic E-state index is 11.2. The van der Waals surface area contributed by atoms with Crippen LogP contribution in [0.2, 0.25) is 0 Å². The van der Waals surface area contributed by atoms with Gasteiger partial charge >= 0.3 is 0 Å². The zero-order chi connectivity index (χ0) is 12.6. The molecule has 0 radical (unpaired) electrons. The second-order valence-corrected chi connectivity index (χ2v) is 3.61. The summed E-state index contributed by atoms with van der Waals surface area (Å²) < 4.78 is 0. The number of Topliss-reactive ketones (excluding diaryl/α,β-unsaturated/α-hetero) is 1. The first-order valence-corrected chi connectivity index (χ1v) is 5.39. The molecule has 1 nitrogen and oxygen atoms in total. The molecule has 0 bridgehead atoms. The highest BCUT2D eigenvalue weighted by atomic mass is 16.1. The van der Waals surface area contributed by atoms with Crippen molar-refractivity contribution in [2.75, 3.05) is 0 Å². The highest BCUT2D eigenvalue weighted by Gasteiger charge is 1.99. The van der Waals surface area contributed by atoms with Gasteiger partial charge in [0.1, 0.15) is 5.78 Å². The third-order valence-electron chi connectivity index (χ3n) is 2.12. The Morgan fingerprint density at radius 2 is 1.62 bits per heavy atom. The van der Waals surface area contributed by atoms with Crippen molar-refractivity contribution >= 4 is 5.78 Å². The fourth-order valence-corrected chi connectivity index (χ4v) is 1.07. The van der Waals surface area contributed by atoms with Crippen LogP contribution in [0.4, 0.5) is 0 Å². The van der Waals surface area contributed by atoms with E-state index in [0.29, 0.717) is 12.8 Å². The molecule has 0 aromatic rings. The van der Waals surface area contributed by atoms with E-state index >= 15 is 0 Å². The third-order valence-corrected chi connectivity index (χ3v) is 2.12. The van der Waals surface area contributed by atoms with Crippen molar-refractivity contribution in [2.24, 2.45) is 0 Å². The fraction of sp³-hybridized carbons (Fsp3) is 0.267. The number of hydrogen-bond acceptors (Lipinski definition) is 1. The molecule has 86 valence electrons. The highest BCUT2D eigenvalue weighted by Crippen LogP contribution is 2.11. The van der Waals surface area contributed by atoms with Crippen LogP contribution in [0.5, 0.6) is 0 Å². The smallest absolute Gasteiger partial charge is 0.136 e. The van der Waals surface area contributed by atoms with Crippen LogP contribution < -0.4 is 0 Å². The Morgan fingerprint density at radius 3 is 2.12 bits per heavy atom. The van der Waals surface area contributed by atoms with Gasteiger partial charge in [-0.25, -0.2) is 0 Å². The summed E-state index contributed by atoms with van der Waals surface area (Å²) in [6, 6.07) is 0. The second kappa shape index (κ2) is 7.63. The number of carbonyl (C=O) groups is 1. The van der Waals surface area contributed by atoms with Crippen molar-refractivity contribution in [2.45, 2.75) is 26.7 Å². The predicted molar refractivity (Wildman–Crippen MR) is 71.3 cm³/mol. The van der Waals surface area contributed by atoms with Gasteiger partial charge in [-0.3, -0.25) is 4.79 Å². The Bertz CT molecular complexity index is 354. The molecule has 0 heterocycles. The molecule has 1 heteroatoms. The Kier molecular flexibility index (Phi) is 6.86. The number of carbonyl (C=O) groups excluding carboxylic acids is 1. The Hall–Kier alpha value is -1.63. The van der Waals surface area contributed by atoms with Gasteiger partial charge in [0, 0.05) is 12.8 Å². The van der Waals surface area contributed by atoms with Crippen molar-refractivity contribution in [3.63, 3.8) is 0 Å². The van der Waals surface area contributed by atoms with Gasteiger partial charge in [0.25, 0.3) is 0 Å². The van der Waals surface area contributed by atoms with E-state index in [9.17, 15) is 4.79 Å². The molecule has 0 aliphatic heterocycles. The fourth-order valence-electron chi connectivity index (χ4n) is 1.07. The SMILES string of the molecule is C=C(/C=C\C(=C)C(=C)/C=C\C)CC(=O)CC. The minimum Gasteiger partial charge on any atom is -0.299 e. The summed E-state index contributed by atoms with van der Waals surface area (Å²) in [5.74, 6) is 0.201. The zero-order valence-electron chi connectivity index (χ0n) is 10.3. The monoisotopic (exact) mass is 216 g/mol. The van der Waals surface area contributed by atoms with Gasteiger partial charge in [-0.2, -0.15) is 0 Å². The average Bonchev–Trinajstić information content (AvgIpc) is 2.25. The standard InChI is InChI=1S/C15H20O/c1-6-8-13(4)14(5)10-9-12(3)11-15(16)7-2/h6,8-10H,3-5,7,11H2,1-2H3/b8-6-,10-9-. The quantitative estimate of drug-likeness (QED) is 0.584. The van der Waals surface area contributed by atoms with E-state index in [2.05, 4.69) is 19.7 Å². The minimum atomic E-state index is 0.201. The number of ketones is 1. The van der Waals surface area contributed by atoms with Crippen LogP contribution in [0, 0.1) is 0 Å². The summed E-state index contributed by atoms with van der Waals surface area (Å²) in [4.78, 5) is 11.2. The van der Waals surface area contributed by atoms with Crippen LogP contribution in [0.25, 0.3) is 0 Å². The van der Waals surface area contributed by atoms with Crippen molar-refractivity contribution in [1.82, 2.24) is 0 Å². The first kappa shape index (κ1) is 14.4. The van der Waals surface area contributed by atoms with Crippen molar-refractivity contribution in [3.05, 3.63) is 60.8 Å². The van der Waals surface area contributed by atoms with Gasteiger partial charge in [-0.1, -0.05) is 51.0 Å². The Labute approximate surface area is 98.6 Å². The Balaban J connectivity index is 4.28. The molecule has 0 rings (SSSR count). The van der Waals surface area contributed by atoms with E-state index in [1.54, 1.807) is 0 Å². The van der Waals surface area contributed by atoms with E-state index in [0.717, 1.165) is 16.7 Å². The van der Waals surface area contributed by atoms with Gasteiger partial charge in [-0.15, -0.1) is 0 Å². The van der Waals surface area contributed by atoms with Crippen LogP contribution in [0.1, 0.15) is 26.7 Å². The summed E-state index contributed by atoms with van der Waals surface area (Å²) >= 11 is 0. The molecule has 0 fully saturated rings. The second-order valence-electron chi connectivity index (χ2n) is 3.61. The predicted octanol–water partition coefficient (Wildman–Crippen LogP) is 4.16. The highest BCUT2D eigenvalue weighted by molar-refractivity contribution is 5.80. The molecule has 0 unspecified atom stereocenters. The molecular formula is C15H20O. The average molecular weight is 216 g/mol. The van der Waals surface area contributed by atoms with Gasteiger partial charge < -0.3 is 0 Å². The lowest BCUT2D eigenvalue weighted by Crippen LogP contribution is -1.94. The van der Waals surface area contributed by atoms with Gasteiger partial charge in [0.2, 0.25) is 0 Å². The molecule has 0 N–H and O–H groups in total. The van der Waals surface area contributed by atoms with E-state index in [1.165, 1.54) is 0 Å². The third kappa shape index (κ3) is 5.97. The van der Waals surface area contributed by atoms with Crippen LogP contribution >= 0.6 is 0 Å². The number of allylic oxidation sites excluding steroid dienone is 7. The van der Waals surface area contributed by atoms with E-state index in [1.807, 2.05) is 38.2 Å². The van der Waals surface area contributed by atoms with E-state index < -0.39 is 0 Å². The molecule has 0 saturated heterocycles. The van der Waals surface area contributed by atoms with Crippen LogP contribution in [0.3, 0.4) is 0 Å². The maximum absolute atomic E-state index is 11.2. The lowest BCUT2D eigenvalue weighted by molar-refractivity contribution is -0.118. The topological polar surface area (TPSA) is 17.1 Å². The van der Waals surface area contributed by atoms with Crippen LogP contribution in [0.15, 0.2) is 60.8 Å². The molecule has 0 aromatic heterocycles. The lowest BCUT2D eigenvalue weighted by Gasteiger charge is -2.00. The van der Waals surface area contributed by atoms with Crippen molar-refractivity contribution in [1.29, 1.82) is 0 Å². The molecule has 0 aromatic carbocycles. The summed E-state index contributed by atoms with van der Waals surface area (Å²) in [5.41, 5.74) is 2.51. The molecule has 0 aliphatic rings. The number of rotatable bonds is 7. The maximum Gasteiger partial charge on any atom is 0.136 e. The molecule has 0 saturated carbocycles. The van der Waals surface area contributed by atoms with Crippen molar-refractivity contribution < 1.29 is 4.79 Å².